The summed E-state index contributed by atoms with van der Waals surface area (Å²) in [7, 11) is -3.53. The van der Waals surface area contributed by atoms with Crippen LogP contribution in [0.25, 0.3) is 0 Å². The average Bonchev–Trinajstić information content (AvgIpc) is 3.09. The molecule has 1 saturated carbocycles. The molecule has 2 aromatic carbocycles. The molecule has 1 heterocycles. The molecule has 2 aromatic rings. The molecule has 6 heteroatoms. The van der Waals surface area contributed by atoms with Gasteiger partial charge in [0.1, 0.15) is 0 Å². The number of halogens is 1. The van der Waals surface area contributed by atoms with Gasteiger partial charge in [-0.2, -0.15) is 0 Å². The first-order valence-electron chi connectivity index (χ1n) is 7.59. The van der Waals surface area contributed by atoms with E-state index in [1.54, 1.807) is 24.3 Å². The van der Waals surface area contributed by atoms with Crippen LogP contribution in [0.1, 0.15) is 12.0 Å². The number of hydrogen-bond acceptors (Lipinski definition) is 3. The maximum absolute atomic E-state index is 12.4. The van der Waals surface area contributed by atoms with E-state index >= 15 is 0 Å². The van der Waals surface area contributed by atoms with Crippen LogP contribution in [0.5, 0.6) is 0 Å². The molecular weight excluding hydrogens is 423 g/mol. The Kier molecular flexibility index (Phi) is 3.66. The molecule has 2 atom stereocenters. The minimum atomic E-state index is -3.53. The summed E-state index contributed by atoms with van der Waals surface area (Å²) in [5, 5.41) is 3.43. The third-order valence-corrected chi connectivity index (χ3v) is 7.02. The second-order valence-electron chi connectivity index (χ2n) is 6.32. The van der Waals surface area contributed by atoms with Gasteiger partial charge < -0.3 is 5.32 Å². The Hall–Kier alpha value is -1.12. The van der Waals surface area contributed by atoms with E-state index in [0.717, 1.165) is 22.6 Å². The highest BCUT2D eigenvalue weighted by atomic mass is 127. The fraction of sp³-hybridized carbons (Fsp3) is 0.294. The summed E-state index contributed by atoms with van der Waals surface area (Å²) in [6, 6.07) is 14.7. The smallest absolute Gasteiger partial charge is 0.261 e. The highest BCUT2D eigenvalue weighted by molar-refractivity contribution is 14.1. The van der Waals surface area contributed by atoms with Gasteiger partial charge in [-0.05, 0) is 83.4 Å². The van der Waals surface area contributed by atoms with E-state index in [-0.39, 0.29) is 4.90 Å². The van der Waals surface area contributed by atoms with Gasteiger partial charge in [0, 0.05) is 21.2 Å². The third kappa shape index (κ3) is 2.77. The van der Waals surface area contributed by atoms with Crippen molar-refractivity contribution in [2.45, 2.75) is 16.7 Å². The minimum absolute atomic E-state index is 0.280. The maximum atomic E-state index is 12.4. The molecule has 1 saturated heterocycles. The van der Waals surface area contributed by atoms with Crippen LogP contribution in [-0.4, -0.2) is 21.5 Å². The van der Waals surface area contributed by atoms with E-state index in [4.69, 9.17) is 0 Å². The van der Waals surface area contributed by atoms with Gasteiger partial charge in [0.05, 0.1) is 4.90 Å². The van der Waals surface area contributed by atoms with Crippen molar-refractivity contribution >= 4 is 38.3 Å². The first kappa shape index (κ1) is 15.4. The third-order valence-electron chi connectivity index (χ3n) is 4.90. The van der Waals surface area contributed by atoms with Gasteiger partial charge in [-0.15, -0.1) is 0 Å². The first-order chi connectivity index (χ1) is 11.0. The van der Waals surface area contributed by atoms with Gasteiger partial charge >= 0.3 is 0 Å². The molecule has 23 heavy (non-hydrogen) atoms. The lowest BCUT2D eigenvalue weighted by atomic mass is 9.95. The second-order valence-corrected chi connectivity index (χ2v) is 9.25. The van der Waals surface area contributed by atoms with Gasteiger partial charge in [-0.25, -0.2) is 8.42 Å². The zero-order valence-electron chi connectivity index (χ0n) is 12.4. The predicted molar refractivity (Wildman–Crippen MR) is 99.1 cm³/mol. The van der Waals surface area contributed by atoms with Crippen molar-refractivity contribution in [1.29, 1.82) is 0 Å². The summed E-state index contributed by atoms with van der Waals surface area (Å²) in [5.74, 6) is 0.747. The summed E-state index contributed by atoms with van der Waals surface area (Å²) in [6.45, 7) is 2.13. The summed E-state index contributed by atoms with van der Waals surface area (Å²) in [6.07, 6.45) is 1.24. The Morgan fingerprint density at radius 1 is 1.09 bits per heavy atom. The van der Waals surface area contributed by atoms with Crippen molar-refractivity contribution in [3.8, 4) is 0 Å². The van der Waals surface area contributed by atoms with E-state index in [9.17, 15) is 8.42 Å². The Morgan fingerprint density at radius 2 is 1.78 bits per heavy atom. The molecule has 4 rings (SSSR count). The molecule has 4 nitrogen and oxygen atoms in total. The van der Waals surface area contributed by atoms with Crippen molar-refractivity contribution in [2.75, 3.05) is 17.8 Å². The van der Waals surface area contributed by atoms with Crippen molar-refractivity contribution < 1.29 is 8.42 Å². The average molecular weight is 440 g/mol. The van der Waals surface area contributed by atoms with Crippen LogP contribution in [0, 0.1) is 9.49 Å². The molecule has 2 aliphatic rings. The highest BCUT2D eigenvalue weighted by Crippen LogP contribution is 2.56. The molecule has 0 spiro atoms. The largest absolute Gasteiger partial charge is 0.316 e. The highest BCUT2D eigenvalue weighted by Gasteiger charge is 2.57. The SMILES string of the molecule is O=S(=O)(Nc1ccc([C@]23CNC[C@H]2C3)cc1)c1ccc(I)cc1. The minimum Gasteiger partial charge on any atom is -0.316 e. The number of hydrogen-bond donors (Lipinski definition) is 2. The fourth-order valence-electron chi connectivity index (χ4n) is 3.49. The van der Waals surface area contributed by atoms with E-state index in [0.29, 0.717) is 11.1 Å². The van der Waals surface area contributed by atoms with E-state index < -0.39 is 10.0 Å². The number of nitrogens with one attached hydrogen (secondary N) is 2. The number of benzene rings is 2. The normalized spacial score (nSPS) is 25.9. The summed E-state index contributed by atoms with van der Waals surface area (Å²) in [4.78, 5) is 0.280. The number of rotatable bonds is 4. The Morgan fingerprint density at radius 3 is 2.35 bits per heavy atom. The number of anilines is 1. The van der Waals surface area contributed by atoms with Crippen molar-refractivity contribution in [3.05, 3.63) is 57.7 Å². The van der Waals surface area contributed by atoms with Gasteiger partial charge in [-0.1, -0.05) is 12.1 Å². The molecule has 1 aliphatic carbocycles. The summed E-state index contributed by atoms with van der Waals surface area (Å²) in [5.41, 5.74) is 2.21. The Balaban J connectivity index is 1.54. The molecule has 2 N–H and O–H groups in total. The van der Waals surface area contributed by atoms with Gasteiger partial charge in [0.2, 0.25) is 0 Å². The molecule has 2 fully saturated rings. The van der Waals surface area contributed by atoms with Crippen LogP contribution in [-0.2, 0) is 15.4 Å². The predicted octanol–water partition coefficient (Wildman–Crippen LogP) is 2.95. The molecule has 120 valence electrons. The Labute approximate surface area is 149 Å². The van der Waals surface area contributed by atoms with Crippen LogP contribution < -0.4 is 10.0 Å². The van der Waals surface area contributed by atoms with Gasteiger partial charge in [0.15, 0.2) is 0 Å². The van der Waals surface area contributed by atoms with Crippen molar-refractivity contribution in [3.63, 3.8) is 0 Å². The molecule has 0 amide bonds. The molecule has 0 aromatic heterocycles. The van der Waals surface area contributed by atoms with Crippen molar-refractivity contribution in [1.82, 2.24) is 5.32 Å². The summed E-state index contributed by atoms with van der Waals surface area (Å²) < 4.78 is 28.5. The molecular formula is C17H17IN2O2S. The monoisotopic (exact) mass is 440 g/mol. The van der Waals surface area contributed by atoms with E-state index in [1.807, 2.05) is 12.1 Å². The maximum Gasteiger partial charge on any atom is 0.261 e. The van der Waals surface area contributed by atoms with E-state index in [1.165, 1.54) is 12.0 Å². The lowest BCUT2D eigenvalue weighted by molar-refractivity contribution is 0.601. The molecule has 0 bridgehead atoms. The molecule has 0 radical (unpaired) electrons. The first-order valence-corrected chi connectivity index (χ1v) is 10.2. The quantitative estimate of drug-likeness (QED) is 0.719. The van der Waals surface area contributed by atoms with Crippen LogP contribution in [0.2, 0.25) is 0 Å². The van der Waals surface area contributed by atoms with Crippen LogP contribution >= 0.6 is 22.6 Å². The second kappa shape index (κ2) is 5.46. The molecule has 0 unspecified atom stereocenters. The number of fused-ring (bicyclic) bond motifs is 1. The van der Waals surface area contributed by atoms with Gasteiger partial charge in [-0.3, -0.25) is 4.72 Å². The lowest BCUT2D eigenvalue weighted by Crippen LogP contribution is -2.19. The number of piperidine rings is 1. The fourth-order valence-corrected chi connectivity index (χ4v) is 4.91. The van der Waals surface area contributed by atoms with Crippen molar-refractivity contribution in [2.24, 2.45) is 5.92 Å². The lowest BCUT2D eigenvalue weighted by Gasteiger charge is -2.14. The van der Waals surface area contributed by atoms with E-state index in [2.05, 4.69) is 44.8 Å². The van der Waals surface area contributed by atoms with Gasteiger partial charge in [0.25, 0.3) is 10.0 Å². The zero-order chi connectivity index (χ0) is 16.1. The van der Waals surface area contributed by atoms with Crippen LogP contribution in [0.3, 0.4) is 0 Å². The molecule has 1 aliphatic heterocycles. The summed E-state index contributed by atoms with van der Waals surface area (Å²) >= 11 is 2.16. The zero-order valence-corrected chi connectivity index (χ0v) is 15.4. The standard InChI is InChI=1S/C17H17IN2O2S/c18-14-3-7-16(8-4-14)23(21,22)20-15-5-1-12(2-6-15)17-9-13(17)10-19-11-17/h1-8,13,19-20H,9-11H2/t13-,17+/m1/s1. The number of sulfonamides is 1. The van der Waals surface area contributed by atoms with Crippen LogP contribution in [0.4, 0.5) is 5.69 Å². The van der Waals surface area contributed by atoms with Crippen LogP contribution in [0.15, 0.2) is 53.4 Å². The Bertz CT molecular complexity index is 834. The topological polar surface area (TPSA) is 58.2 Å².